The Labute approximate surface area is 336 Å². The molecule has 0 spiro atoms. The molecule has 1 N–H and O–H groups in total. The van der Waals surface area contributed by atoms with Crippen molar-refractivity contribution in [3.05, 3.63) is 42.1 Å². The fourth-order valence-electron chi connectivity index (χ4n) is 9.15. The number of benzene rings is 1. The van der Waals surface area contributed by atoms with Crippen LogP contribution in [0, 0.1) is 29.1 Å². The molecule has 1 saturated heterocycles. The van der Waals surface area contributed by atoms with Gasteiger partial charge < -0.3 is 19.1 Å². The number of fused-ring (bicyclic) bond motifs is 5. The van der Waals surface area contributed by atoms with E-state index in [1.807, 2.05) is 43.3 Å². The topological polar surface area (TPSA) is 158 Å². The molecular formula is C44H59N3O9S. The van der Waals surface area contributed by atoms with Crippen molar-refractivity contribution in [3.63, 3.8) is 0 Å². The number of amides is 2. The number of nitrogens with one attached hydrogen (secondary N) is 1. The monoisotopic (exact) mass is 805 g/mol. The van der Waals surface area contributed by atoms with Crippen molar-refractivity contribution in [2.24, 2.45) is 29.1 Å². The van der Waals surface area contributed by atoms with Gasteiger partial charge >= 0.3 is 5.97 Å². The minimum absolute atomic E-state index is 0.0743. The van der Waals surface area contributed by atoms with E-state index in [2.05, 4.69) is 11.6 Å². The maximum absolute atomic E-state index is 15.1. The van der Waals surface area contributed by atoms with Crippen LogP contribution in [0.5, 0.6) is 11.6 Å². The molecule has 12 nitrogen and oxygen atoms in total. The van der Waals surface area contributed by atoms with Gasteiger partial charge in [0, 0.05) is 23.6 Å². The molecule has 1 unspecified atom stereocenters. The summed E-state index contributed by atoms with van der Waals surface area (Å²) in [6, 6.07) is 6.76. The number of ketones is 1. The molecule has 5 aliphatic rings. The van der Waals surface area contributed by atoms with Crippen molar-refractivity contribution < 1.29 is 41.8 Å². The highest BCUT2D eigenvalue weighted by Gasteiger charge is 2.62. The number of carbonyl (C=O) groups excluding carboxylic acids is 4. The number of carbonyl (C=O) groups is 4. The van der Waals surface area contributed by atoms with E-state index in [9.17, 15) is 22.8 Å². The molecular weight excluding hydrogens is 747 g/mol. The minimum atomic E-state index is -3.95. The van der Waals surface area contributed by atoms with Gasteiger partial charge in [-0.1, -0.05) is 50.6 Å². The molecule has 2 aromatic rings. The lowest BCUT2D eigenvalue weighted by molar-refractivity contribution is -0.160. The molecule has 0 bridgehead atoms. The number of ether oxygens (including phenoxy) is 3. The van der Waals surface area contributed by atoms with Crippen LogP contribution in [0.2, 0.25) is 0 Å². The Morgan fingerprint density at radius 1 is 1.11 bits per heavy atom. The van der Waals surface area contributed by atoms with Crippen molar-refractivity contribution >= 4 is 44.4 Å². The van der Waals surface area contributed by atoms with Gasteiger partial charge in [-0.3, -0.25) is 23.9 Å². The normalized spacial score (nSPS) is 30.7. The number of Topliss-reactive ketones (excluding diaryl/α,β-unsaturated/α-hetero) is 1. The van der Waals surface area contributed by atoms with Crippen LogP contribution >= 0.6 is 0 Å². The number of hydrogen-bond acceptors (Lipinski definition) is 10. The molecule has 2 aliphatic carbocycles. The molecule has 3 fully saturated rings. The van der Waals surface area contributed by atoms with Crippen LogP contribution < -0.4 is 14.2 Å². The first kappa shape index (κ1) is 41.2. The van der Waals surface area contributed by atoms with Gasteiger partial charge in [-0.2, -0.15) is 0 Å². The third-order valence-corrected chi connectivity index (χ3v) is 15.1. The number of pyridine rings is 1. The zero-order valence-corrected chi connectivity index (χ0v) is 35.1. The van der Waals surface area contributed by atoms with Crippen LogP contribution in [0.4, 0.5) is 0 Å². The molecule has 3 aliphatic heterocycles. The second-order valence-corrected chi connectivity index (χ2v) is 20.8. The second-order valence-electron chi connectivity index (χ2n) is 18.6. The summed E-state index contributed by atoms with van der Waals surface area (Å²) in [5.41, 5.74) is -1.21. The van der Waals surface area contributed by atoms with Crippen LogP contribution in [-0.2, 0) is 40.4 Å². The molecule has 13 heteroatoms. The van der Waals surface area contributed by atoms with Crippen molar-refractivity contribution in [1.82, 2.24) is 14.6 Å². The fraction of sp³-hybridized carbons (Fsp3) is 0.659. The summed E-state index contributed by atoms with van der Waals surface area (Å²) in [6.45, 7) is 11.9. The van der Waals surface area contributed by atoms with Gasteiger partial charge in [0.05, 0.1) is 47.4 Å². The number of rotatable bonds is 8. The fourth-order valence-corrected chi connectivity index (χ4v) is 10.5. The van der Waals surface area contributed by atoms with E-state index >= 15 is 4.79 Å². The van der Waals surface area contributed by atoms with Gasteiger partial charge in [0.1, 0.15) is 17.5 Å². The number of aryl methyl sites for hydroxylation is 1. The Bertz CT molecular complexity index is 2050. The Morgan fingerprint density at radius 2 is 1.84 bits per heavy atom. The van der Waals surface area contributed by atoms with Gasteiger partial charge in [-0.25, -0.2) is 13.4 Å². The third kappa shape index (κ3) is 8.59. The molecule has 7 rings (SSSR count). The van der Waals surface area contributed by atoms with Gasteiger partial charge in [-0.05, 0) is 103 Å². The smallest absolute Gasteiger partial charge is 0.307 e. The Balaban J connectivity index is 1.25. The van der Waals surface area contributed by atoms with Crippen LogP contribution in [0.15, 0.2) is 36.4 Å². The summed E-state index contributed by atoms with van der Waals surface area (Å²) < 4.78 is 46.4. The first-order valence-corrected chi connectivity index (χ1v) is 22.4. The Morgan fingerprint density at radius 3 is 2.54 bits per heavy atom. The first-order valence-electron chi connectivity index (χ1n) is 20.9. The molecule has 4 heterocycles. The number of nitrogens with zero attached hydrogens (tertiary/aromatic N) is 2. The Kier molecular flexibility index (Phi) is 11.3. The quantitative estimate of drug-likeness (QED) is 0.227. The maximum atomic E-state index is 15.1. The largest absolute Gasteiger partial charge is 0.491 e. The predicted molar refractivity (Wildman–Crippen MR) is 215 cm³/mol. The summed E-state index contributed by atoms with van der Waals surface area (Å²) >= 11 is 0. The number of sulfonamides is 1. The lowest BCUT2D eigenvalue weighted by atomic mass is 9.79. The van der Waals surface area contributed by atoms with E-state index in [1.54, 1.807) is 32.6 Å². The molecule has 7 atom stereocenters. The summed E-state index contributed by atoms with van der Waals surface area (Å²) in [5.74, 6) is -1.66. The zero-order valence-electron chi connectivity index (χ0n) is 34.3. The lowest BCUT2D eigenvalue weighted by Gasteiger charge is -2.33. The third-order valence-electron chi connectivity index (χ3n) is 12.9. The van der Waals surface area contributed by atoms with E-state index in [0.717, 1.165) is 47.9 Å². The van der Waals surface area contributed by atoms with Crippen LogP contribution in [-0.4, -0.2) is 77.5 Å². The lowest BCUT2D eigenvalue weighted by Crippen LogP contribution is -2.48. The van der Waals surface area contributed by atoms with Gasteiger partial charge in [0.2, 0.25) is 27.7 Å². The first-order chi connectivity index (χ1) is 26.9. The molecule has 1 aromatic heterocycles. The highest BCUT2D eigenvalue weighted by molar-refractivity contribution is 7.91. The SMILES string of the molecule is CC[C@@H]1C[C@@H](C)CC/C=C\[C@@H]2C[C@@]2(C(=O)NS(=O)(=O)C2(C)CC2)CC(=O)[C@@H]2C[C@@H](Oc3nc4c(c5ccccc35)OCCC4)CN2C(=O)C1CC(=O)OC(C)(C)C. The highest BCUT2D eigenvalue weighted by Crippen LogP contribution is 2.58. The molecule has 2 amide bonds. The maximum Gasteiger partial charge on any atom is 0.307 e. The average Bonchev–Trinajstić information content (AvgIpc) is 4.04. The van der Waals surface area contributed by atoms with E-state index in [-0.39, 0.29) is 55.3 Å². The molecule has 0 radical (unpaired) electrons. The molecule has 57 heavy (non-hydrogen) atoms. The molecule has 310 valence electrons. The average molecular weight is 806 g/mol. The number of esters is 1. The van der Waals surface area contributed by atoms with Crippen molar-refractivity contribution in [1.29, 1.82) is 0 Å². The minimum Gasteiger partial charge on any atom is -0.491 e. The predicted octanol–water partition coefficient (Wildman–Crippen LogP) is 6.62. The van der Waals surface area contributed by atoms with E-state index in [1.165, 1.54) is 0 Å². The zero-order chi connectivity index (χ0) is 40.9. The summed E-state index contributed by atoms with van der Waals surface area (Å²) in [6.07, 6.45) is 8.87. The molecule has 2 saturated carbocycles. The van der Waals surface area contributed by atoms with Crippen molar-refractivity contribution in [2.75, 3.05) is 13.2 Å². The van der Waals surface area contributed by atoms with Crippen LogP contribution in [0.3, 0.4) is 0 Å². The summed E-state index contributed by atoms with van der Waals surface area (Å²) in [7, 11) is -3.95. The number of hydrogen-bond donors (Lipinski definition) is 1. The van der Waals surface area contributed by atoms with Gasteiger partial charge in [-0.15, -0.1) is 0 Å². The Hall–Kier alpha value is -4.00. The number of aromatic nitrogens is 1. The van der Waals surface area contributed by atoms with E-state index in [0.29, 0.717) is 44.6 Å². The standard InChI is InChI=1S/C44H59N3O9S/c1-7-28-21-27(2)13-8-9-14-29-24-44(29,41(51)46-57(52,53)43(6)18-19-43)25-36(48)35-22-30(26-47(35)40(50)33(28)23-37(49)56-42(3,4)5)55-39-32-16-11-10-15-31(32)38-34(45-39)17-12-20-54-38/h9-11,14-16,27-30,33,35H,7-8,12-13,17-26H2,1-6H3,(H,46,51)/b14-9-/t27-,28+,29+,30+,33?,35-,44+/m0/s1. The second kappa shape index (κ2) is 15.6. The number of allylic oxidation sites excluding steroid dienone is 2. The highest BCUT2D eigenvalue weighted by atomic mass is 32.2. The molecule has 1 aromatic carbocycles. The van der Waals surface area contributed by atoms with Gasteiger partial charge in [0.15, 0.2) is 5.78 Å². The summed E-state index contributed by atoms with van der Waals surface area (Å²) in [4.78, 5) is 63.9. The van der Waals surface area contributed by atoms with E-state index < -0.39 is 55.7 Å². The van der Waals surface area contributed by atoms with Gasteiger partial charge in [0.25, 0.3) is 0 Å². The van der Waals surface area contributed by atoms with Crippen LogP contribution in [0.25, 0.3) is 10.8 Å². The van der Waals surface area contributed by atoms with Crippen molar-refractivity contribution in [3.8, 4) is 11.6 Å². The van der Waals surface area contributed by atoms with Crippen LogP contribution in [0.1, 0.15) is 118 Å². The van der Waals surface area contributed by atoms with Crippen molar-refractivity contribution in [2.45, 2.75) is 141 Å². The van der Waals surface area contributed by atoms with E-state index in [4.69, 9.17) is 19.2 Å². The summed E-state index contributed by atoms with van der Waals surface area (Å²) in [5, 5.41) is 1.64.